The van der Waals surface area contributed by atoms with E-state index in [9.17, 15) is 13.2 Å². The smallest absolute Gasteiger partial charge is 0.251 e. The molecule has 136 valence electrons. The number of allylic oxidation sites excluding steroid dienone is 1. The number of benzene rings is 1. The van der Waals surface area contributed by atoms with Crippen LogP contribution in [-0.2, 0) is 16.4 Å². The van der Waals surface area contributed by atoms with Gasteiger partial charge in [0.1, 0.15) is 0 Å². The molecule has 0 unspecified atom stereocenters. The van der Waals surface area contributed by atoms with E-state index in [1.54, 1.807) is 12.1 Å². The van der Waals surface area contributed by atoms with Crippen molar-refractivity contribution in [2.45, 2.75) is 51.5 Å². The zero-order chi connectivity index (χ0) is 18.0. The van der Waals surface area contributed by atoms with E-state index in [0.29, 0.717) is 24.2 Å². The second-order valence-electron chi connectivity index (χ2n) is 7.07. The first-order valence-corrected chi connectivity index (χ1v) is 10.8. The van der Waals surface area contributed by atoms with Crippen LogP contribution in [0.5, 0.6) is 0 Å². The Labute approximate surface area is 150 Å². The van der Waals surface area contributed by atoms with Crippen LogP contribution in [0.15, 0.2) is 29.8 Å². The maximum absolute atomic E-state index is 12.4. The summed E-state index contributed by atoms with van der Waals surface area (Å²) < 4.78 is 25.4. The molecule has 0 saturated carbocycles. The number of carbonyl (C=O) groups is 1. The highest BCUT2D eigenvalue weighted by Gasteiger charge is 2.32. The molecule has 1 N–H and O–H groups in total. The molecule has 0 saturated heterocycles. The van der Waals surface area contributed by atoms with Crippen LogP contribution in [0.25, 0.3) is 0 Å². The predicted octanol–water partition coefficient (Wildman–Crippen LogP) is 3.02. The summed E-state index contributed by atoms with van der Waals surface area (Å²) in [5.74, 6) is -0.0929. The minimum absolute atomic E-state index is 0.0929. The molecule has 0 aromatic heterocycles. The molecule has 0 fully saturated rings. The molecular weight excluding hydrogens is 336 g/mol. The van der Waals surface area contributed by atoms with Crippen LogP contribution < -0.4 is 9.62 Å². The molecule has 3 rings (SSSR count). The number of fused-ring (bicyclic) bond motifs is 1. The molecule has 1 aliphatic heterocycles. The topological polar surface area (TPSA) is 66.5 Å². The average Bonchev–Trinajstić information content (AvgIpc) is 2.90. The Kier molecular flexibility index (Phi) is 5.18. The summed E-state index contributed by atoms with van der Waals surface area (Å²) in [5, 5.41) is 2.98. The SMILES string of the molecule is C[C@H]1Cc2cc(C(=O)NCCC3=CCCCC3)ccc2N1S(C)(=O)=O. The third kappa shape index (κ3) is 4.06. The van der Waals surface area contributed by atoms with Crippen molar-refractivity contribution in [3.8, 4) is 0 Å². The number of amides is 1. The van der Waals surface area contributed by atoms with Gasteiger partial charge in [-0.2, -0.15) is 0 Å². The molecule has 1 heterocycles. The van der Waals surface area contributed by atoms with E-state index in [-0.39, 0.29) is 11.9 Å². The molecule has 25 heavy (non-hydrogen) atoms. The molecule has 1 atom stereocenters. The fraction of sp³-hybridized carbons (Fsp3) is 0.526. The first-order valence-electron chi connectivity index (χ1n) is 8.94. The Hall–Kier alpha value is -1.82. The van der Waals surface area contributed by atoms with Crippen LogP contribution >= 0.6 is 0 Å². The molecule has 1 aromatic rings. The van der Waals surface area contributed by atoms with Gasteiger partial charge in [-0.05, 0) is 69.2 Å². The van der Waals surface area contributed by atoms with Crippen LogP contribution in [0.1, 0.15) is 54.9 Å². The van der Waals surface area contributed by atoms with Gasteiger partial charge in [0, 0.05) is 18.2 Å². The Bertz CT molecular complexity index is 799. The van der Waals surface area contributed by atoms with Crippen molar-refractivity contribution >= 4 is 21.6 Å². The van der Waals surface area contributed by atoms with E-state index in [4.69, 9.17) is 0 Å². The quantitative estimate of drug-likeness (QED) is 0.819. The van der Waals surface area contributed by atoms with E-state index < -0.39 is 10.0 Å². The first-order chi connectivity index (χ1) is 11.9. The Morgan fingerprint density at radius 1 is 1.32 bits per heavy atom. The summed E-state index contributed by atoms with van der Waals surface area (Å²) in [4.78, 5) is 12.4. The van der Waals surface area contributed by atoms with Crippen molar-refractivity contribution in [3.63, 3.8) is 0 Å². The van der Waals surface area contributed by atoms with E-state index >= 15 is 0 Å². The van der Waals surface area contributed by atoms with Gasteiger partial charge in [0.05, 0.1) is 11.9 Å². The predicted molar refractivity (Wildman–Crippen MR) is 100 cm³/mol. The number of rotatable bonds is 5. The molecule has 5 nitrogen and oxygen atoms in total. The Morgan fingerprint density at radius 2 is 2.12 bits per heavy atom. The second-order valence-corrected chi connectivity index (χ2v) is 8.93. The summed E-state index contributed by atoms with van der Waals surface area (Å²) in [7, 11) is -3.30. The molecule has 0 spiro atoms. The number of sulfonamides is 1. The van der Waals surface area contributed by atoms with E-state index in [0.717, 1.165) is 24.8 Å². The number of carbonyl (C=O) groups excluding carboxylic acids is 1. The van der Waals surface area contributed by atoms with Gasteiger partial charge in [0.25, 0.3) is 5.91 Å². The van der Waals surface area contributed by atoms with Crippen molar-refractivity contribution < 1.29 is 13.2 Å². The van der Waals surface area contributed by atoms with Crippen LogP contribution in [0.4, 0.5) is 5.69 Å². The maximum Gasteiger partial charge on any atom is 0.251 e. The van der Waals surface area contributed by atoms with Gasteiger partial charge in [-0.1, -0.05) is 11.6 Å². The number of anilines is 1. The zero-order valence-electron chi connectivity index (χ0n) is 14.9. The van der Waals surface area contributed by atoms with Gasteiger partial charge in [0.15, 0.2) is 0 Å². The lowest BCUT2D eigenvalue weighted by molar-refractivity contribution is 0.0954. The lowest BCUT2D eigenvalue weighted by Crippen LogP contribution is -2.34. The molecule has 6 heteroatoms. The van der Waals surface area contributed by atoms with Gasteiger partial charge in [-0.15, -0.1) is 0 Å². The summed E-state index contributed by atoms with van der Waals surface area (Å²) >= 11 is 0. The van der Waals surface area contributed by atoms with Crippen molar-refractivity contribution in [1.82, 2.24) is 5.32 Å². The van der Waals surface area contributed by atoms with Gasteiger partial charge in [0.2, 0.25) is 10.0 Å². The summed E-state index contributed by atoms with van der Waals surface area (Å²) in [5.41, 5.74) is 3.65. The fourth-order valence-corrected chi connectivity index (χ4v) is 5.08. The highest BCUT2D eigenvalue weighted by Crippen LogP contribution is 2.34. The largest absolute Gasteiger partial charge is 0.352 e. The van der Waals surface area contributed by atoms with Gasteiger partial charge in [-0.25, -0.2) is 8.42 Å². The molecule has 0 radical (unpaired) electrons. The minimum Gasteiger partial charge on any atom is -0.352 e. The summed E-state index contributed by atoms with van der Waals surface area (Å²) in [6.07, 6.45) is 9.89. The standard InChI is InChI=1S/C19H26N2O3S/c1-14-12-17-13-16(8-9-18(17)21(14)25(2,23)24)19(22)20-11-10-15-6-4-3-5-7-15/h6,8-9,13-14H,3-5,7,10-12H2,1-2H3,(H,20,22)/t14-/m0/s1. The van der Waals surface area contributed by atoms with Crippen LogP contribution in [0, 0.1) is 0 Å². The number of nitrogens with one attached hydrogen (secondary N) is 1. The van der Waals surface area contributed by atoms with Crippen molar-refractivity contribution in [3.05, 3.63) is 41.0 Å². The third-order valence-electron chi connectivity index (χ3n) is 4.97. The lowest BCUT2D eigenvalue weighted by Gasteiger charge is -2.21. The normalized spacial score (nSPS) is 20.2. The van der Waals surface area contributed by atoms with Gasteiger partial charge >= 0.3 is 0 Å². The fourth-order valence-electron chi connectivity index (χ4n) is 3.82. The van der Waals surface area contributed by atoms with E-state index in [2.05, 4.69) is 11.4 Å². The summed E-state index contributed by atoms with van der Waals surface area (Å²) in [6.45, 7) is 2.53. The highest BCUT2D eigenvalue weighted by atomic mass is 32.2. The number of nitrogens with zero attached hydrogens (tertiary/aromatic N) is 1. The second kappa shape index (κ2) is 7.20. The van der Waals surface area contributed by atoms with Crippen LogP contribution in [-0.4, -0.2) is 33.2 Å². The third-order valence-corrected chi connectivity index (χ3v) is 6.24. The lowest BCUT2D eigenvalue weighted by atomic mass is 9.97. The highest BCUT2D eigenvalue weighted by molar-refractivity contribution is 7.92. The minimum atomic E-state index is -3.30. The molecule has 1 amide bonds. The van der Waals surface area contributed by atoms with Crippen molar-refractivity contribution in [2.75, 3.05) is 17.1 Å². The maximum atomic E-state index is 12.4. The zero-order valence-corrected chi connectivity index (χ0v) is 15.7. The summed E-state index contributed by atoms with van der Waals surface area (Å²) in [6, 6.07) is 5.18. The van der Waals surface area contributed by atoms with Gasteiger partial charge in [-0.3, -0.25) is 9.10 Å². The first kappa shape index (κ1) is 18.0. The number of hydrogen-bond acceptors (Lipinski definition) is 3. The van der Waals surface area contributed by atoms with Crippen LogP contribution in [0.3, 0.4) is 0 Å². The molecule has 0 bridgehead atoms. The monoisotopic (exact) mass is 362 g/mol. The average molecular weight is 362 g/mol. The van der Waals surface area contributed by atoms with E-state index in [1.807, 2.05) is 13.0 Å². The van der Waals surface area contributed by atoms with Crippen molar-refractivity contribution in [1.29, 1.82) is 0 Å². The van der Waals surface area contributed by atoms with E-state index in [1.165, 1.54) is 29.0 Å². The Balaban J connectivity index is 1.65. The van der Waals surface area contributed by atoms with Gasteiger partial charge < -0.3 is 5.32 Å². The Morgan fingerprint density at radius 3 is 2.80 bits per heavy atom. The molecule has 1 aromatic carbocycles. The molecular formula is C19H26N2O3S. The molecule has 2 aliphatic rings. The van der Waals surface area contributed by atoms with Crippen LogP contribution in [0.2, 0.25) is 0 Å². The van der Waals surface area contributed by atoms with Crippen molar-refractivity contribution in [2.24, 2.45) is 0 Å². The molecule has 1 aliphatic carbocycles. The number of hydrogen-bond donors (Lipinski definition) is 1.